The Morgan fingerprint density at radius 3 is 1.46 bits per heavy atom. The molecule has 0 aliphatic heterocycles. The van der Waals surface area contributed by atoms with Gasteiger partial charge in [0, 0.05) is 27.9 Å². The van der Waals surface area contributed by atoms with Crippen LogP contribution < -0.4 is 0 Å². The minimum absolute atomic E-state index is 0.0949. The van der Waals surface area contributed by atoms with Crippen LogP contribution in [-0.2, 0) is 14.4 Å². The van der Waals surface area contributed by atoms with Crippen LogP contribution in [0.25, 0.3) is 0 Å². The van der Waals surface area contributed by atoms with E-state index in [-0.39, 0.29) is 11.8 Å². The van der Waals surface area contributed by atoms with Crippen molar-refractivity contribution in [2.24, 2.45) is 0 Å². The van der Waals surface area contributed by atoms with Gasteiger partial charge >= 0.3 is 0 Å². The summed E-state index contributed by atoms with van der Waals surface area (Å²) in [4.78, 5) is 24.5. The zero-order valence-corrected chi connectivity index (χ0v) is 8.57. The molecule has 0 saturated carbocycles. The molecular weight excluding hydrogens is 176 g/mol. The van der Waals surface area contributed by atoms with Crippen LogP contribution in [-0.4, -0.2) is 48.4 Å². The lowest BCUT2D eigenvalue weighted by Crippen LogP contribution is -2.21. The fourth-order valence-electron chi connectivity index (χ4n) is 0.129. The number of hydrogen-bond acceptors (Lipinski definition) is 4. The van der Waals surface area contributed by atoms with Crippen LogP contribution in [0, 0.1) is 0 Å². The van der Waals surface area contributed by atoms with Crippen molar-refractivity contribution in [3.8, 4) is 0 Å². The largest absolute Gasteiger partial charge is 0.286 e. The quantitative estimate of drug-likeness (QED) is 0.464. The van der Waals surface area contributed by atoms with E-state index in [1.807, 2.05) is 0 Å². The van der Waals surface area contributed by atoms with Crippen molar-refractivity contribution in [2.45, 2.75) is 13.8 Å². The van der Waals surface area contributed by atoms with E-state index >= 15 is 0 Å². The summed E-state index contributed by atoms with van der Waals surface area (Å²) in [6, 6.07) is 0. The van der Waals surface area contributed by atoms with Gasteiger partial charge in [-0.3, -0.25) is 19.6 Å². The predicted molar refractivity (Wildman–Crippen MR) is 45.7 cm³/mol. The summed E-state index contributed by atoms with van der Waals surface area (Å²) in [6.45, 7) is 2.71. The molecule has 0 spiro atoms. The van der Waals surface area contributed by atoms with Gasteiger partial charge in [0.2, 0.25) is 11.8 Å². The fraction of sp³-hybridized carbons (Fsp3) is 0.714. The molecule has 0 aromatic carbocycles. The van der Waals surface area contributed by atoms with Gasteiger partial charge in [-0.25, -0.2) is 10.1 Å². The van der Waals surface area contributed by atoms with Gasteiger partial charge in [0.25, 0.3) is 0 Å². The summed E-state index contributed by atoms with van der Waals surface area (Å²) in [5.41, 5.74) is 0. The Morgan fingerprint density at radius 2 is 1.46 bits per heavy atom. The summed E-state index contributed by atoms with van der Waals surface area (Å²) in [7, 11) is 4.28. The van der Waals surface area contributed by atoms with E-state index in [9.17, 15) is 9.59 Å². The number of carbonyl (C=O) groups is 2. The number of rotatable bonds is 1. The molecule has 0 aliphatic carbocycles. The minimum Gasteiger partial charge on any atom is -0.286 e. The lowest BCUT2D eigenvalue weighted by Gasteiger charge is -2.08. The Labute approximate surface area is 77.6 Å². The van der Waals surface area contributed by atoms with Crippen LogP contribution in [0.1, 0.15) is 13.8 Å². The highest BCUT2D eigenvalue weighted by Gasteiger charge is 1.95. The number of amides is 2. The molecule has 0 aromatic heterocycles. The van der Waals surface area contributed by atoms with E-state index in [0.717, 1.165) is 5.06 Å². The number of hydroxylamine groups is 4. The van der Waals surface area contributed by atoms with Gasteiger partial charge in [-0.2, -0.15) is 0 Å². The average Bonchev–Trinajstić information content (AvgIpc) is 2.03. The summed E-state index contributed by atoms with van der Waals surface area (Å²) in [5.74, 6) is -0.447. The maximum absolute atomic E-state index is 10.2. The maximum Gasteiger partial charge on any atom is 0.242 e. The summed E-state index contributed by atoms with van der Waals surface area (Å²) < 4.78 is 0. The molecular formula is C7H16N2O4. The van der Waals surface area contributed by atoms with Crippen LogP contribution in [0.2, 0.25) is 0 Å². The van der Waals surface area contributed by atoms with E-state index in [1.54, 1.807) is 7.05 Å². The third kappa shape index (κ3) is 10.9. The molecule has 6 nitrogen and oxygen atoms in total. The summed E-state index contributed by atoms with van der Waals surface area (Å²) in [6.07, 6.45) is 0. The van der Waals surface area contributed by atoms with Crippen molar-refractivity contribution in [3.63, 3.8) is 0 Å². The SMILES string of the molecule is CC(=O)N(C)O.CON(C)C(C)=O. The van der Waals surface area contributed by atoms with Gasteiger partial charge in [0.1, 0.15) is 0 Å². The Bertz CT molecular complexity index is 170. The monoisotopic (exact) mass is 192 g/mol. The molecule has 0 heterocycles. The van der Waals surface area contributed by atoms with Gasteiger partial charge in [-0.15, -0.1) is 0 Å². The lowest BCUT2D eigenvalue weighted by molar-refractivity contribution is -0.165. The zero-order valence-electron chi connectivity index (χ0n) is 8.57. The molecule has 0 bridgehead atoms. The molecule has 2 amide bonds. The second-order valence-electron chi connectivity index (χ2n) is 2.24. The zero-order chi connectivity index (χ0) is 11.0. The molecule has 0 aliphatic rings. The normalized spacial score (nSPS) is 8.15. The third-order valence-electron chi connectivity index (χ3n) is 1.17. The molecule has 0 rings (SSSR count). The molecule has 0 aromatic rings. The molecule has 0 radical (unpaired) electrons. The van der Waals surface area contributed by atoms with Crippen molar-refractivity contribution in [2.75, 3.05) is 21.2 Å². The van der Waals surface area contributed by atoms with Gasteiger partial charge in [-0.1, -0.05) is 0 Å². The highest BCUT2D eigenvalue weighted by atomic mass is 16.7. The van der Waals surface area contributed by atoms with Crippen molar-refractivity contribution in [3.05, 3.63) is 0 Å². The highest BCUT2D eigenvalue weighted by molar-refractivity contribution is 5.71. The van der Waals surface area contributed by atoms with Gasteiger partial charge < -0.3 is 0 Å². The predicted octanol–water partition coefficient (Wildman–Crippen LogP) is -0.120. The minimum atomic E-state index is -0.352. The Kier molecular flexibility index (Phi) is 8.31. The van der Waals surface area contributed by atoms with Crippen molar-refractivity contribution < 1.29 is 19.6 Å². The first-order valence-electron chi connectivity index (χ1n) is 3.54. The van der Waals surface area contributed by atoms with Crippen molar-refractivity contribution in [1.82, 2.24) is 10.1 Å². The molecule has 6 heteroatoms. The van der Waals surface area contributed by atoms with Crippen LogP contribution in [0.15, 0.2) is 0 Å². The topological polar surface area (TPSA) is 70.1 Å². The Morgan fingerprint density at radius 1 is 1.15 bits per heavy atom. The maximum atomic E-state index is 10.2. The standard InChI is InChI=1S/C4H9NO2.C3H7NO2/c1-4(6)5(2)7-3;1-3(5)4(2)6/h1-3H3;6H,1-2H3. The molecule has 0 saturated heterocycles. The van der Waals surface area contributed by atoms with E-state index in [0.29, 0.717) is 5.06 Å². The number of carbonyl (C=O) groups excluding carboxylic acids is 2. The molecule has 13 heavy (non-hydrogen) atoms. The highest BCUT2D eigenvalue weighted by Crippen LogP contribution is 1.78. The van der Waals surface area contributed by atoms with E-state index in [1.165, 1.54) is 28.0 Å². The van der Waals surface area contributed by atoms with Gasteiger partial charge in [0.15, 0.2) is 0 Å². The number of hydrogen-bond donors (Lipinski definition) is 1. The second kappa shape index (κ2) is 7.51. The molecule has 78 valence electrons. The van der Waals surface area contributed by atoms with E-state index in [4.69, 9.17) is 5.21 Å². The van der Waals surface area contributed by atoms with Crippen molar-refractivity contribution in [1.29, 1.82) is 0 Å². The second-order valence-corrected chi connectivity index (χ2v) is 2.24. The Balaban J connectivity index is 0. The summed E-state index contributed by atoms with van der Waals surface area (Å²) >= 11 is 0. The van der Waals surface area contributed by atoms with Crippen LogP contribution in [0.3, 0.4) is 0 Å². The fourth-order valence-corrected chi connectivity index (χ4v) is 0.129. The van der Waals surface area contributed by atoms with Crippen LogP contribution >= 0.6 is 0 Å². The number of nitrogens with zero attached hydrogens (tertiary/aromatic N) is 2. The molecule has 0 unspecified atom stereocenters. The Hall–Kier alpha value is -1.14. The smallest absolute Gasteiger partial charge is 0.242 e. The third-order valence-corrected chi connectivity index (χ3v) is 1.17. The van der Waals surface area contributed by atoms with E-state index < -0.39 is 0 Å². The van der Waals surface area contributed by atoms with Crippen LogP contribution in [0.4, 0.5) is 0 Å². The first kappa shape index (κ1) is 14.4. The van der Waals surface area contributed by atoms with Gasteiger partial charge in [-0.05, 0) is 0 Å². The van der Waals surface area contributed by atoms with Crippen LogP contribution in [0.5, 0.6) is 0 Å². The first-order chi connectivity index (χ1) is 5.82. The first-order valence-corrected chi connectivity index (χ1v) is 3.54. The molecule has 0 fully saturated rings. The van der Waals surface area contributed by atoms with Crippen molar-refractivity contribution >= 4 is 11.8 Å². The van der Waals surface area contributed by atoms with Gasteiger partial charge in [0.05, 0.1) is 7.11 Å². The molecule has 1 N–H and O–H groups in total. The average molecular weight is 192 g/mol. The van der Waals surface area contributed by atoms with E-state index in [2.05, 4.69) is 4.84 Å². The molecule has 0 atom stereocenters. The summed E-state index contributed by atoms with van der Waals surface area (Å²) in [5, 5.41) is 9.79. The lowest BCUT2D eigenvalue weighted by atomic mass is 10.7.